The van der Waals surface area contributed by atoms with Crippen LogP contribution in [0.4, 0.5) is 5.69 Å². The van der Waals surface area contributed by atoms with Gasteiger partial charge in [-0.2, -0.15) is 0 Å². The number of allylic oxidation sites excluding steroid dienone is 1. The Hall–Kier alpha value is -2.55. The van der Waals surface area contributed by atoms with Crippen molar-refractivity contribution in [3.63, 3.8) is 0 Å². The van der Waals surface area contributed by atoms with Crippen LogP contribution in [0.5, 0.6) is 5.75 Å². The van der Waals surface area contributed by atoms with Gasteiger partial charge in [-0.1, -0.05) is 35.9 Å². The monoisotopic (exact) mass is 281 g/mol. The van der Waals surface area contributed by atoms with Crippen LogP contribution in [-0.2, 0) is 11.2 Å². The highest BCUT2D eigenvalue weighted by molar-refractivity contribution is 5.95. The first-order valence-corrected chi connectivity index (χ1v) is 6.78. The van der Waals surface area contributed by atoms with Crippen LogP contribution < -0.4 is 10.5 Å². The summed E-state index contributed by atoms with van der Waals surface area (Å²) in [6.07, 6.45) is 3.72. The molecule has 3 heteroatoms. The molecule has 0 spiro atoms. The molecule has 0 saturated carbocycles. The molecule has 2 aromatic rings. The van der Waals surface area contributed by atoms with Gasteiger partial charge in [0.15, 0.2) is 5.78 Å². The summed E-state index contributed by atoms with van der Waals surface area (Å²) in [6.45, 7) is 2.00. The Labute approximate surface area is 125 Å². The number of benzene rings is 2. The van der Waals surface area contributed by atoms with E-state index in [1.807, 2.05) is 49.4 Å². The third kappa shape index (κ3) is 4.21. The molecule has 0 aliphatic heterocycles. The number of hydrogen-bond acceptors (Lipinski definition) is 3. The lowest BCUT2D eigenvalue weighted by Gasteiger charge is -2.07. The maximum Gasteiger partial charge on any atom is 0.160 e. The third-order valence-electron chi connectivity index (χ3n) is 3.20. The fraction of sp³-hybridized carbons (Fsp3) is 0.167. The molecule has 21 heavy (non-hydrogen) atoms. The van der Waals surface area contributed by atoms with Crippen molar-refractivity contribution < 1.29 is 9.53 Å². The molecule has 3 nitrogen and oxygen atoms in total. The van der Waals surface area contributed by atoms with E-state index in [2.05, 4.69) is 0 Å². The van der Waals surface area contributed by atoms with Crippen LogP contribution in [0.15, 0.2) is 48.5 Å². The zero-order valence-electron chi connectivity index (χ0n) is 12.3. The number of rotatable bonds is 5. The van der Waals surface area contributed by atoms with Crippen molar-refractivity contribution in [1.29, 1.82) is 0 Å². The summed E-state index contributed by atoms with van der Waals surface area (Å²) in [7, 11) is 1.61. The Morgan fingerprint density at radius 3 is 2.57 bits per heavy atom. The molecule has 2 rings (SSSR count). The van der Waals surface area contributed by atoms with Crippen molar-refractivity contribution in [2.24, 2.45) is 0 Å². The number of anilines is 1. The Morgan fingerprint density at radius 2 is 1.90 bits per heavy atom. The second-order valence-electron chi connectivity index (χ2n) is 4.96. The van der Waals surface area contributed by atoms with Crippen molar-refractivity contribution >= 4 is 17.5 Å². The van der Waals surface area contributed by atoms with Crippen LogP contribution in [0, 0.1) is 6.92 Å². The average molecular weight is 281 g/mol. The van der Waals surface area contributed by atoms with Gasteiger partial charge in [0.2, 0.25) is 0 Å². The average Bonchev–Trinajstić information content (AvgIpc) is 2.47. The van der Waals surface area contributed by atoms with Crippen molar-refractivity contribution in [1.82, 2.24) is 0 Å². The largest absolute Gasteiger partial charge is 0.496 e. The molecule has 0 unspecified atom stereocenters. The van der Waals surface area contributed by atoms with E-state index < -0.39 is 0 Å². The van der Waals surface area contributed by atoms with Crippen LogP contribution in [0.2, 0.25) is 0 Å². The lowest BCUT2D eigenvalue weighted by atomic mass is 10.0. The molecule has 0 saturated heterocycles. The SMILES string of the molecule is COc1ccc(C)cc1CC(=O)/C=C/c1ccc(N)cc1. The minimum Gasteiger partial charge on any atom is -0.496 e. The Balaban J connectivity index is 2.08. The maximum atomic E-state index is 12.1. The van der Waals surface area contributed by atoms with Crippen molar-refractivity contribution in [2.45, 2.75) is 13.3 Å². The van der Waals surface area contributed by atoms with Gasteiger partial charge in [-0.3, -0.25) is 4.79 Å². The molecular formula is C18H19NO2. The van der Waals surface area contributed by atoms with Gasteiger partial charge in [0, 0.05) is 17.7 Å². The number of methoxy groups -OCH3 is 1. The lowest BCUT2D eigenvalue weighted by molar-refractivity contribution is -0.113. The van der Waals surface area contributed by atoms with Gasteiger partial charge in [-0.15, -0.1) is 0 Å². The summed E-state index contributed by atoms with van der Waals surface area (Å²) in [5.41, 5.74) is 9.31. The first-order valence-electron chi connectivity index (χ1n) is 6.78. The van der Waals surface area contributed by atoms with Crippen LogP contribution in [-0.4, -0.2) is 12.9 Å². The predicted octanol–water partition coefficient (Wildman–Crippen LogP) is 3.41. The summed E-state index contributed by atoms with van der Waals surface area (Å²) in [5.74, 6) is 0.783. The summed E-state index contributed by atoms with van der Waals surface area (Å²) < 4.78 is 5.29. The summed E-state index contributed by atoms with van der Waals surface area (Å²) in [4.78, 5) is 12.1. The summed E-state index contributed by atoms with van der Waals surface area (Å²) >= 11 is 0. The van der Waals surface area contributed by atoms with Gasteiger partial charge in [-0.25, -0.2) is 0 Å². The van der Waals surface area contributed by atoms with Crippen LogP contribution >= 0.6 is 0 Å². The number of nitrogens with two attached hydrogens (primary N) is 1. The first-order chi connectivity index (χ1) is 10.1. The number of carbonyl (C=O) groups is 1. The van der Waals surface area contributed by atoms with E-state index in [1.165, 1.54) is 0 Å². The second kappa shape index (κ2) is 6.75. The molecular weight excluding hydrogens is 262 g/mol. The van der Waals surface area contributed by atoms with E-state index in [0.29, 0.717) is 12.1 Å². The lowest BCUT2D eigenvalue weighted by Crippen LogP contribution is -2.01. The Kier molecular flexibility index (Phi) is 4.77. The summed E-state index contributed by atoms with van der Waals surface area (Å²) in [5, 5.41) is 0. The van der Waals surface area contributed by atoms with Gasteiger partial charge in [0.1, 0.15) is 5.75 Å². The number of nitrogen functional groups attached to an aromatic ring is 1. The van der Waals surface area contributed by atoms with E-state index in [4.69, 9.17) is 10.5 Å². The fourth-order valence-corrected chi connectivity index (χ4v) is 2.09. The van der Waals surface area contributed by atoms with Gasteiger partial charge < -0.3 is 10.5 Å². The standard InChI is InChI=1S/C18H19NO2/c1-13-3-10-18(21-2)15(11-13)12-17(20)9-6-14-4-7-16(19)8-5-14/h3-11H,12,19H2,1-2H3/b9-6+. The quantitative estimate of drug-likeness (QED) is 0.675. The molecule has 2 aromatic carbocycles. The predicted molar refractivity (Wildman–Crippen MR) is 86.3 cm³/mol. The topological polar surface area (TPSA) is 52.3 Å². The minimum atomic E-state index is 0.0377. The smallest absolute Gasteiger partial charge is 0.160 e. The zero-order chi connectivity index (χ0) is 15.2. The number of hydrogen-bond donors (Lipinski definition) is 1. The summed E-state index contributed by atoms with van der Waals surface area (Å²) in [6, 6.07) is 13.2. The van der Waals surface area contributed by atoms with Gasteiger partial charge in [-0.05, 0) is 36.8 Å². The molecule has 2 N–H and O–H groups in total. The van der Waals surface area contributed by atoms with E-state index in [1.54, 1.807) is 19.3 Å². The van der Waals surface area contributed by atoms with Crippen LogP contribution in [0.3, 0.4) is 0 Å². The van der Waals surface area contributed by atoms with Gasteiger partial charge in [0.05, 0.1) is 7.11 Å². The van der Waals surface area contributed by atoms with E-state index in [-0.39, 0.29) is 5.78 Å². The van der Waals surface area contributed by atoms with Gasteiger partial charge >= 0.3 is 0 Å². The number of carbonyl (C=O) groups excluding carboxylic acids is 1. The van der Waals surface area contributed by atoms with Gasteiger partial charge in [0.25, 0.3) is 0 Å². The highest BCUT2D eigenvalue weighted by Gasteiger charge is 2.07. The molecule has 0 amide bonds. The van der Waals surface area contributed by atoms with Crippen molar-refractivity contribution in [3.8, 4) is 5.75 Å². The molecule has 0 aliphatic rings. The molecule has 0 heterocycles. The molecule has 0 aromatic heterocycles. The normalized spacial score (nSPS) is 10.8. The van der Waals surface area contributed by atoms with Crippen molar-refractivity contribution in [3.05, 3.63) is 65.2 Å². The minimum absolute atomic E-state index is 0.0377. The molecule has 108 valence electrons. The molecule has 0 radical (unpaired) electrons. The van der Waals surface area contributed by atoms with E-state index in [0.717, 1.165) is 22.4 Å². The molecule has 0 fully saturated rings. The third-order valence-corrected chi connectivity index (χ3v) is 3.20. The zero-order valence-corrected chi connectivity index (χ0v) is 12.3. The first kappa shape index (κ1) is 14.9. The maximum absolute atomic E-state index is 12.1. The van der Waals surface area contributed by atoms with E-state index >= 15 is 0 Å². The second-order valence-corrected chi connectivity index (χ2v) is 4.96. The van der Waals surface area contributed by atoms with Crippen LogP contribution in [0.25, 0.3) is 6.08 Å². The highest BCUT2D eigenvalue weighted by Crippen LogP contribution is 2.20. The number of aryl methyl sites for hydroxylation is 1. The number of ketones is 1. The van der Waals surface area contributed by atoms with Crippen LogP contribution in [0.1, 0.15) is 16.7 Å². The molecule has 0 bridgehead atoms. The number of ether oxygens (including phenoxy) is 1. The highest BCUT2D eigenvalue weighted by atomic mass is 16.5. The van der Waals surface area contributed by atoms with Crippen molar-refractivity contribution in [2.75, 3.05) is 12.8 Å². The fourth-order valence-electron chi connectivity index (χ4n) is 2.09. The van der Waals surface area contributed by atoms with E-state index in [9.17, 15) is 4.79 Å². The Bertz CT molecular complexity index is 657. The molecule has 0 atom stereocenters. The molecule has 0 aliphatic carbocycles. The Morgan fingerprint density at radius 1 is 1.19 bits per heavy atom.